The molecule has 0 saturated heterocycles. The lowest BCUT2D eigenvalue weighted by atomic mass is 10.1. The van der Waals surface area contributed by atoms with Gasteiger partial charge in [-0.15, -0.1) is 22.7 Å². The number of methoxy groups -OCH3 is 1. The van der Waals surface area contributed by atoms with Crippen LogP contribution in [0.3, 0.4) is 0 Å². The van der Waals surface area contributed by atoms with Crippen LogP contribution in [0.25, 0.3) is 21.8 Å². The lowest BCUT2D eigenvalue weighted by molar-refractivity contribution is 0.0604. The van der Waals surface area contributed by atoms with E-state index in [4.69, 9.17) is 15.6 Å². The number of fused-ring (bicyclic) bond motifs is 2. The summed E-state index contributed by atoms with van der Waals surface area (Å²) in [7, 11) is 1.23. The Labute approximate surface area is 273 Å². The van der Waals surface area contributed by atoms with E-state index in [-0.39, 0.29) is 43.1 Å². The minimum Gasteiger partial charge on any atom is -0.477 e. The monoisotopic (exact) mass is 666 g/mol. The molecule has 0 aliphatic carbocycles. The maximum atomic E-state index is 12.3. The first-order valence-corrected chi connectivity index (χ1v) is 15.1. The molecule has 6 aromatic rings. The van der Waals surface area contributed by atoms with E-state index >= 15 is 0 Å². The second-order valence-corrected chi connectivity index (χ2v) is 11.7. The van der Waals surface area contributed by atoms with E-state index in [0.717, 1.165) is 55.6 Å². The third kappa shape index (κ3) is 6.99. The molecule has 4 heterocycles. The number of aromatic nitrogens is 4. The SMILES string of the molecule is COC(=O)c1sc(C(=O)NCc2cccc3[nH]ncc23)cc1C#N.N#Cc1cc(C(=O)NCc2cccc3[nH]ncc23)sc1C(=O)O. The largest absolute Gasteiger partial charge is 0.477 e. The van der Waals surface area contributed by atoms with Crippen molar-refractivity contribution in [1.82, 2.24) is 31.0 Å². The number of benzene rings is 2. The zero-order valence-electron chi connectivity index (χ0n) is 24.3. The van der Waals surface area contributed by atoms with E-state index in [1.165, 1.54) is 19.2 Å². The normalized spacial score (nSPS) is 10.4. The first-order valence-electron chi connectivity index (χ1n) is 13.5. The summed E-state index contributed by atoms with van der Waals surface area (Å²) < 4.78 is 4.62. The standard InChI is InChI=1S/C16H12N4O3S.C15H10N4O3S/c1-23-16(22)14-10(6-17)5-13(24-14)15(21)18-7-9-3-2-4-12-11(9)8-19-20-12;16-5-9-4-12(23-13(9)15(21)22)14(20)17-6-8-2-1-3-11-10(8)7-18-19-11/h2-5,8H,7H2,1H3,(H,18,21)(H,19,20);1-4,7H,6H2,(H,17,20)(H,18,19)(H,21,22). The van der Waals surface area contributed by atoms with Gasteiger partial charge in [0.15, 0.2) is 0 Å². The molecule has 0 atom stereocenters. The number of aromatic carboxylic acids is 1. The topological polar surface area (TPSA) is 227 Å². The molecule has 6 rings (SSSR count). The summed E-state index contributed by atoms with van der Waals surface area (Å²) in [6.07, 6.45) is 3.38. The number of nitriles is 2. The van der Waals surface area contributed by atoms with E-state index in [2.05, 4.69) is 35.8 Å². The van der Waals surface area contributed by atoms with E-state index in [1.54, 1.807) is 18.5 Å². The molecule has 16 heteroatoms. The number of hydrogen-bond acceptors (Lipinski definition) is 11. The number of nitrogens with one attached hydrogen (secondary N) is 4. The fourth-order valence-corrected chi connectivity index (χ4v) is 6.27. The van der Waals surface area contributed by atoms with Crippen molar-refractivity contribution in [2.75, 3.05) is 7.11 Å². The molecule has 0 spiro atoms. The van der Waals surface area contributed by atoms with Gasteiger partial charge in [0, 0.05) is 23.9 Å². The fraction of sp³-hybridized carbons (Fsp3) is 0.0968. The molecule has 14 nitrogen and oxygen atoms in total. The molecule has 5 N–H and O–H groups in total. The number of amides is 2. The van der Waals surface area contributed by atoms with E-state index in [0.29, 0.717) is 6.54 Å². The number of ether oxygens (including phenoxy) is 1. The second kappa shape index (κ2) is 14.2. The number of H-pyrrole nitrogens is 2. The molecular formula is C31H22N8O6S2. The number of nitrogens with zero attached hydrogens (tertiary/aromatic N) is 4. The number of carbonyl (C=O) groups excluding carboxylic acids is 3. The van der Waals surface area contributed by atoms with Gasteiger partial charge in [0.05, 0.1) is 51.4 Å². The highest BCUT2D eigenvalue weighted by atomic mass is 32.1. The second-order valence-electron chi connectivity index (χ2n) is 9.59. The highest BCUT2D eigenvalue weighted by Gasteiger charge is 2.21. The van der Waals surface area contributed by atoms with Crippen LogP contribution in [0.1, 0.15) is 60.9 Å². The van der Waals surface area contributed by atoms with Gasteiger partial charge in [0.25, 0.3) is 11.8 Å². The Balaban J connectivity index is 0.000000185. The fourth-order valence-electron chi connectivity index (χ4n) is 4.47. The van der Waals surface area contributed by atoms with Gasteiger partial charge in [-0.25, -0.2) is 9.59 Å². The van der Waals surface area contributed by atoms with Gasteiger partial charge in [0.2, 0.25) is 0 Å². The van der Waals surface area contributed by atoms with Gasteiger partial charge >= 0.3 is 11.9 Å². The van der Waals surface area contributed by atoms with Gasteiger partial charge in [-0.3, -0.25) is 19.8 Å². The van der Waals surface area contributed by atoms with Crippen molar-refractivity contribution in [2.24, 2.45) is 0 Å². The number of aromatic amines is 2. The number of hydrogen-bond donors (Lipinski definition) is 5. The predicted octanol–water partition coefficient (Wildman–Crippen LogP) is 4.34. The van der Waals surface area contributed by atoms with Crippen molar-refractivity contribution in [3.8, 4) is 12.1 Å². The third-order valence-electron chi connectivity index (χ3n) is 6.75. The van der Waals surface area contributed by atoms with Gasteiger partial charge in [-0.05, 0) is 35.4 Å². The number of carboxylic acid groups (broad SMARTS) is 1. The van der Waals surface area contributed by atoms with Crippen molar-refractivity contribution >= 4 is 68.2 Å². The zero-order valence-corrected chi connectivity index (χ0v) is 25.9. The Kier molecular flexibility index (Phi) is 9.66. The lowest BCUT2D eigenvalue weighted by Gasteiger charge is -2.05. The van der Waals surface area contributed by atoms with E-state index in [9.17, 15) is 19.2 Å². The van der Waals surface area contributed by atoms with Crippen molar-refractivity contribution in [3.63, 3.8) is 0 Å². The molecule has 2 amide bonds. The minimum absolute atomic E-state index is 0.00964. The van der Waals surface area contributed by atoms with Crippen LogP contribution < -0.4 is 10.6 Å². The summed E-state index contributed by atoms with van der Waals surface area (Å²) >= 11 is 1.73. The molecule has 0 fully saturated rings. The Hall–Kier alpha value is -6.36. The van der Waals surface area contributed by atoms with Crippen molar-refractivity contribution in [3.05, 3.63) is 103 Å². The summed E-state index contributed by atoms with van der Waals surface area (Å²) in [6.45, 7) is 0.584. The van der Waals surface area contributed by atoms with Crippen LogP contribution in [-0.2, 0) is 17.8 Å². The molecule has 4 aromatic heterocycles. The average Bonchev–Trinajstić information content (AvgIpc) is 3.91. The molecule has 0 unspecified atom stereocenters. The summed E-state index contributed by atoms with van der Waals surface area (Å²) in [5, 5.41) is 48.0. The molecular weight excluding hydrogens is 645 g/mol. The van der Waals surface area contributed by atoms with Crippen LogP contribution >= 0.6 is 22.7 Å². The maximum absolute atomic E-state index is 12.3. The van der Waals surface area contributed by atoms with Crippen LogP contribution in [0, 0.1) is 22.7 Å². The molecule has 234 valence electrons. The Morgan fingerprint density at radius 1 is 0.809 bits per heavy atom. The number of rotatable bonds is 8. The van der Waals surface area contributed by atoms with Gasteiger partial charge in [-0.2, -0.15) is 20.7 Å². The van der Waals surface area contributed by atoms with Crippen molar-refractivity contribution in [2.45, 2.75) is 13.1 Å². The molecule has 2 aromatic carbocycles. The number of carbonyl (C=O) groups is 4. The van der Waals surface area contributed by atoms with Gasteiger partial charge < -0.3 is 20.5 Å². The number of carboxylic acids is 1. The Bertz CT molecular complexity index is 2230. The zero-order chi connectivity index (χ0) is 33.5. The summed E-state index contributed by atoms with van der Waals surface area (Å²) in [4.78, 5) is 47.6. The van der Waals surface area contributed by atoms with E-state index in [1.807, 2.05) is 42.5 Å². The summed E-state index contributed by atoms with van der Waals surface area (Å²) in [5.41, 5.74) is 3.68. The van der Waals surface area contributed by atoms with Crippen molar-refractivity contribution in [1.29, 1.82) is 10.5 Å². The smallest absolute Gasteiger partial charge is 0.349 e. The maximum Gasteiger partial charge on any atom is 0.349 e. The summed E-state index contributed by atoms with van der Waals surface area (Å²) in [5.74, 6) is -2.61. The van der Waals surface area contributed by atoms with Gasteiger partial charge in [-0.1, -0.05) is 24.3 Å². The van der Waals surface area contributed by atoms with Crippen LogP contribution in [-0.4, -0.2) is 56.4 Å². The predicted molar refractivity (Wildman–Crippen MR) is 171 cm³/mol. The van der Waals surface area contributed by atoms with Gasteiger partial charge in [0.1, 0.15) is 21.9 Å². The molecule has 0 radical (unpaired) electrons. The van der Waals surface area contributed by atoms with Crippen LogP contribution in [0.2, 0.25) is 0 Å². The van der Waals surface area contributed by atoms with Crippen molar-refractivity contribution < 1.29 is 29.0 Å². The highest BCUT2D eigenvalue weighted by molar-refractivity contribution is 7.16. The number of esters is 1. The first kappa shape index (κ1) is 32.0. The Morgan fingerprint density at radius 2 is 1.28 bits per heavy atom. The average molecular weight is 667 g/mol. The Morgan fingerprint density at radius 3 is 1.70 bits per heavy atom. The van der Waals surface area contributed by atoms with Crippen LogP contribution in [0.5, 0.6) is 0 Å². The van der Waals surface area contributed by atoms with Crippen LogP contribution in [0.15, 0.2) is 60.9 Å². The molecule has 0 aliphatic heterocycles. The summed E-state index contributed by atoms with van der Waals surface area (Å²) in [6, 6.07) is 17.6. The third-order valence-corrected chi connectivity index (χ3v) is 8.98. The first-order chi connectivity index (χ1) is 22.7. The minimum atomic E-state index is -1.21. The molecule has 47 heavy (non-hydrogen) atoms. The lowest BCUT2D eigenvalue weighted by Crippen LogP contribution is -2.21. The highest BCUT2D eigenvalue weighted by Crippen LogP contribution is 2.24. The van der Waals surface area contributed by atoms with Crippen LogP contribution in [0.4, 0.5) is 0 Å². The molecule has 0 aliphatic rings. The molecule has 0 saturated carbocycles. The molecule has 0 bridgehead atoms. The number of thiophene rings is 2. The quantitative estimate of drug-likeness (QED) is 0.144. The van der Waals surface area contributed by atoms with E-state index < -0.39 is 17.8 Å².